The number of aliphatic imine (C=N–C) groups is 1. The lowest BCUT2D eigenvalue weighted by molar-refractivity contribution is 0.0955. The second kappa shape index (κ2) is 6.74. The van der Waals surface area contributed by atoms with Crippen molar-refractivity contribution in [3.8, 4) is 0 Å². The van der Waals surface area contributed by atoms with E-state index in [0.717, 1.165) is 4.47 Å². The van der Waals surface area contributed by atoms with Crippen molar-refractivity contribution in [3.63, 3.8) is 0 Å². The van der Waals surface area contributed by atoms with Gasteiger partial charge in [-0.3, -0.25) is 14.5 Å². The van der Waals surface area contributed by atoms with E-state index in [9.17, 15) is 13.2 Å². The molecule has 8 heteroatoms. The lowest BCUT2D eigenvalue weighted by atomic mass is 10.2. The molecule has 0 unspecified atom stereocenters. The van der Waals surface area contributed by atoms with Gasteiger partial charge >= 0.3 is 0 Å². The molecule has 124 valence electrons. The molecular formula is C16H14BrN3O3S. The molecule has 0 radical (unpaired) electrons. The van der Waals surface area contributed by atoms with Crippen LogP contribution in [0.4, 0.5) is 0 Å². The van der Waals surface area contributed by atoms with Crippen LogP contribution in [0.15, 0.2) is 62.9 Å². The maximum absolute atomic E-state index is 12.0. The molecule has 0 saturated heterocycles. The van der Waals surface area contributed by atoms with Gasteiger partial charge in [0.15, 0.2) is 0 Å². The van der Waals surface area contributed by atoms with Gasteiger partial charge in [-0.2, -0.15) is 0 Å². The van der Waals surface area contributed by atoms with Crippen LogP contribution in [0.3, 0.4) is 0 Å². The van der Waals surface area contributed by atoms with Gasteiger partial charge in [-0.25, -0.2) is 8.42 Å². The van der Waals surface area contributed by atoms with Crippen LogP contribution in [-0.4, -0.2) is 33.3 Å². The maximum Gasteiger partial charge on any atom is 0.263 e. The van der Waals surface area contributed by atoms with Crippen LogP contribution in [0.2, 0.25) is 0 Å². The fraction of sp³-hybridized carbons (Fsp3) is 0.125. The minimum Gasteiger partial charge on any atom is -0.350 e. The van der Waals surface area contributed by atoms with Gasteiger partial charge in [-0.1, -0.05) is 28.1 Å². The molecule has 3 rings (SSSR count). The fourth-order valence-corrected chi connectivity index (χ4v) is 3.81. The zero-order valence-electron chi connectivity index (χ0n) is 12.5. The quantitative estimate of drug-likeness (QED) is 0.758. The average Bonchev–Trinajstić information content (AvgIpc) is 2.83. The smallest absolute Gasteiger partial charge is 0.263 e. The highest BCUT2D eigenvalue weighted by molar-refractivity contribution is 9.10. The molecular weight excluding hydrogens is 394 g/mol. The number of amides is 1. The number of halogens is 1. The number of nitrogens with zero attached hydrogens (tertiary/aromatic N) is 1. The van der Waals surface area contributed by atoms with Gasteiger partial charge < -0.3 is 5.32 Å². The summed E-state index contributed by atoms with van der Waals surface area (Å²) in [4.78, 5) is 16.4. The van der Waals surface area contributed by atoms with Gasteiger partial charge in [0.05, 0.1) is 11.4 Å². The summed E-state index contributed by atoms with van der Waals surface area (Å²) in [7, 11) is -3.53. The topological polar surface area (TPSA) is 87.6 Å². The Balaban J connectivity index is 1.62. The fourth-order valence-electron chi connectivity index (χ4n) is 2.29. The molecule has 1 aliphatic rings. The Morgan fingerprint density at radius 2 is 1.83 bits per heavy atom. The molecule has 0 spiro atoms. The summed E-state index contributed by atoms with van der Waals surface area (Å²) in [5.41, 5.74) is 1.11. The molecule has 2 aromatic rings. The van der Waals surface area contributed by atoms with Crippen LogP contribution in [-0.2, 0) is 10.0 Å². The Kier molecular flexibility index (Phi) is 4.68. The van der Waals surface area contributed by atoms with Gasteiger partial charge in [-0.15, -0.1) is 0 Å². The minimum absolute atomic E-state index is 0.199. The number of rotatable bonds is 4. The van der Waals surface area contributed by atoms with Gasteiger partial charge in [0.1, 0.15) is 5.84 Å². The Morgan fingerprint density at radius 1 is 1.12 bits per heavy atom. The first kappa shape index (κ1) is 16.7. The van der Waals surface area contributed by atoms with E-state index in [4.69, 9.17) is 0 Å². The number of amidine groups is 1. The number of hydrogen-bond acceptors (Lipinski definition) is 4. The zero-order chi connectivity index (χ0) is 17.2. The maximum atomic E-state index is 12.0. The third-order valence-corrected chi connectivity index (χ3v) is 5.36. The highest BCUT2D eigenvalue weighted by Crippen LogP contribution is 2.21. The minimum atomic E-state index is -3.53. The molecule has 0 aliphatic carbocycles. The highest BCUT2D eigenvalue weighted by Gasteiger charge is 2.29. The van der Waals surface area contributed by atoms with Crippen LogP contribution in [0, 0.1) is 0 Å². The van der Waals surface area contributed by atoms with Crippen molar-refractivity contribution in [2.45, 2.75) is 4.90 Å². The van der Waals surface area contributed by atoms with E-state index in [1.54, 1.807) is 42.5 Å². The van der Waals surface area contributed by atoms with E-state index in [1.807, 2.05) is 0 Å². The molecule has 2 aromatic carbocycles. The van der Waals surface area contributed by atoms with Gasteiger partial charge in [-0.05, 0) is 36.4 Å². The number of nitrogens with one attached hydrogen (secondary N) is 2. The van der Waals surface area contributed by atoms with Crippen molar-refractivity contribution in [3.05, 3.63) is 64.1 Å². The number of carbonyl (C=O) groups is 1. The summed E-state index contributed by atoms with van der Waals surface area (Å²) in [6, 6.07) is 13.7. The van der Waals surface area contributed by atoms with Crippen LogP contribution in [0.5, 0.6) is 0 Å². The van der Waals surface area contributed by atoms with Gasteiger partial charge in [0.25, 0.3) is 15.9 Å². The molecule has 6 nitrogen and oxygen atoms in total. The number of carbonyl (C=O) groups excluding carboxylic acids is 1. The molecule has 0 aromatic heterocycles. The van der Waals surface area contributed by atoms with Gasteiger partial charge in [0.2, 0.25) is 0 Å². The Labute approximate surface area is 148 Å². The van der Waals surface area contributed by atoms with E-state index in [1.165, 1.54) is 6.07 Å². The van der Waals surface area contributed by atoms with Crippen molar-refractivity contribution in [1.82, 2.24) is 10.0 Å². The van der Waals surface area contributed by atoms with Crippen LogP contribution < -0.4 is 10.0 Å². The summed E-state index contributed by atoms with van der Waals surface area (Å²) in [5, 5.41) is 2.75. The van der Waals surface area contributed by atoms with Gasteiger partial charge in [0, 0.05) is 22.1 Å². The lowest BCUT2D eigenvalue weighted by Gasteiger charge is -2.04. The van der Waals surface area contributed by atoms with E-state index in [-0.39, 0.29) is 17.3 Å². The van der Waals surface area contributed by atoms with E-state index in [2.05, 4.69) is 31.0 Å². The molecule has 1 heterocycles. The van der Waals surface area contributed by atoms with Crippen molar-refractivity contribution in [1.29, 1.82) is 0 Å². The first-order valence-electron chi connectivity index (χ1n) is 7.18. The molecule has 0 fully saturated rings. The predicted molar refractivity (Wildman–Crippen MR) is 94.6 cm³/mol. The summed E-state index contributed by atoms with van der Waals surface area (Å²) >= 11 is 3.31. The second-order valence-electron chi connectivity index (χ2n) is 5.09. The summed E-state index contributed by atoms with van der Waals surface area (Å²) in [6.07, 6.45) is 0. The second-order valence-corrected chi connectivity index (χ2v) is 7.66. The third-order valence-electron chi connectivity index (χ3n) is 3.44. The Bertz CT molecular complexity index is 908. The number of fused-ring (bicyclic) bond motifs is 1. The molecule has 0 atom stereocenters. The average molecular weight is 408 g/mol. The summed E-state index contributed by atoms with van der Waals surface area (Å²) in [5.74, 6) is 0.110. The standard InChI is InChI=1S/C16H14BrN3O3S/c17-12-7-5-11(6-8-12)16(21)19-10-9-18-15-13-3-1-2-4-14(13)24(22,23)20-15/h1-8H,9-10H2,(H,18,20)(H,19,21). The van der Waals surface area contributed by atoms with Crippen molar-refractivity contribution < 1.29 is 13.2 Å². The van der Waals surface area contributed by atoms with E-state index in [0.29, 0.717) is 23.5 Å². The van der Waals surface area contributed by atoms with Crippen LogP contribution >= 0.6 is 15.9 Å². The first-order valence-corrected chi connectivity index (χ1v) is 9.45. The normalized spacial score (nSPS) is 16.5. The molecule has 2 N–H and O–H groups in total. The van der Waals surface area contributed by atoms with Crippen LogP contribution in [0.25, 0.3) is 0 Å². The molecule has 24 heavy (non-hydrogen) atoms. The number of benzene rings is 2. The SMILES string of the molecule is O=C(NCCN=C1NS(=O)(=O)c2ccccc21)c1ccc(Br)cc1. The zero-order valence-corrected chi connectivity index (χ0v) is 14.9. The molecule has 1 aliphatic heterocycles. The molecule has 0 bridgehead atoms. The van der Waals surface area contributed by atoms with Crippen molar-refractivity contribution >= 4 is 37.7 Å². The lowest BCUT2D eigenvalue weighted by Crippen LogP contribution is -2.27. The third kappa shape index (κ3) is 3.49. The Morgan fingerprint density at radius 3 is 2.58 bits per heavy atom. The largest absolute Gasteiger partial charge is 0.350 e. The summed E-state index contributed by atoms with van der Waals surface area (Å²) in [6.45, 7) is 0.580. The van der Waals surface area contributed by atoms with Crippen molar-refractivity contribution in [2.24, 2.45) is 4.99 Å². The summed E-state index contributed by atoms with van der Waals surface area (Å²) < 4.78 is 27.2. The predicted octanol–water partition coefficient (Wildman–Crippen LogP) is 1.92. The van der Waals surface area contributed by atoms with E-state index < -0.39 is 10.0 Å². The van der Waals surface area contributed by atoms with E-state index >= 15 is 0 Å². The molecule has 1 amide bonds. The highest BCUT2D eigenvalue weighted by atomic mass is 79.9. The first-order chi connectivity index (χ1) is 11.5. The number of sulfonamides is 1. The number of hydrogen-bond donors (Lipinski definition) is 2. The van der Waals surface area contributed by atoms with Crippen molar-refractivity contribution in [2.75, 3.05) is 13.1 Å². The molecule has 0 saturated carbocycles. The Hall–Kier alpha value is -2.19. The van der Waals surface area contributed by atoms with Crippen LogP contribution in [0.1, 0.15) is 15.9 Å². The monoisotopic (exact) mass is 407 g/mol.